The molecule has 0 bridgehead atoms. The second-order valence-corrected chi connectivity index (χ2v) is 3.27. The zero-order valence-corrected chi connectivity index (χ0v) is 10.1. The van der Waals surface area contributed by atoms with Gasteiger partial charge in [0.05, 0.1) is 13.2 Å². The molecule has 0 saturated heterocycles. The lowest BCUT2D eigenvalue weighted by molar-refractivity contribution is 0.193. The highest BCUT2D eigenvalue weighted by atomic mass is 16.5. The van der Waals surface area contributed by atoms with Crippen molar-refractivity contribution in [3.05, 3.63) is 48.6 Å². The Bertz CT molecular complexity index is 345. The maximum Gasteiger partial charge on any atom is 0.0657 e. The van der Waals surface area contributed by atoms with E-state index in [4.69, 9.17) is 17.6 Å². The van der Waals surface area contributed by atoms with Crippen LogP contribution in [-0.2, 0) is 4.74 Å². The van der Waals surface area contributed by atoms with Crippen LogP contribution >= 0.6 is 0 Å². The van der Waals surface area contributed by atoms with Crippen LogP contribution in [0.1, 0.15) is 12.8 Å². The smallest absolute Gasteiger partial charge is 0.0657 e. The Hall–Kier alpha value is -1.96. The van der Waals surface area contributed by atoms with Crippen LogP contribution in [0.25, 0.3) is 0 Å². The molecule has 0 fully saturated rings. The molecule has 0 aromatic rings. The summed E-state index contributed by atoms with van der Waals surface area (Å²) in [4.78, 5) is 0. The third-order valence-corrected chi connectivity index (χ3v) is 2.06. The molecule has 0 aliphatic heterocycles. The fourth-order valence-corrected chi connectivity index (χ4v) is 1.09. The maximum absolute atomic E-state index is 5.41. The normalized spacial score (nSPS) is 11.4. The molecule has 1 heteroatoms. The van der Waals surface area contributed by atoms with E-state index in [9.17, 15) is 0 Å². The summed E-state index contributed by atoms with van der Waals surface area (Å²) in [5, 5.41) is 0. The predicted octanol–water partition coefficient (Wildman–Crippen LogP) is 3.27. The number of rotatable bonds is 8. The molecule has 0 unspecified atom stereocenters. The van der Waals surface area contributed by atoms with Crippen molar-refractivity contribution in [3.63, 3.8) is 0 Å². The minimum absolute atomic E-state index is 0.514. The van der Waals surface area contributed by atoms with E-state index in [0.717, 1.165) is 11.1 Å². The molecule has 0 spiro atoms. The second-order valence-electron chi connectivity index (χ2n) is 3.27. The molecule has 17 heavy (non-hydrogen) atoms. The van der Waals surface area contributed by atoms with Gasteiger partial charge in [-0.15, -0.1) is 24.7 Å². The Kier molecular flexibility index (Phi) is 9.34. The highest BCUT2D eigenvalue weighted by molar-refractivity contribution is 5.22. The van der Waals surface area contributed by atoms with Gasteiger partial charge in [-0.05, 0) is 11.1 Å². The van der Waals surface area contributed by atoms with Crippen molar-refractivity contribution in [2.24, 2.45) is 0 Å². The summed E-state index contributed by atoms with van der Waals surface area (Å²) in [6.45, 7) is 8.38. The Morgan fingerprint density at radius 1 is 0.941 bits per heavy atom. The quantitative estimate of drug-likeness (QED) is 0.350. The van der Waals surface area contributed by atoms with Gasteiger partial charge in [0.1, 0.15) is 0 Å². The molecule has 0 N–H and O–H groups in total. The van der Waals surface area contributed by atoms with E-state index < -0.39 is 0 Å². The van der Waals surface area contributed by atoms with Gasteiger partial charge in [-0.25, -0.2) is 0 Å². The van der Waals surface area contributed by atoms with Crippen molar-refractivity contribution in [2.45, 2.75) is 12.8 Å². The SMILES string of the molecule is C#CCC(C=C)=CCOCC=C(C=C)CC#C. The van der Waals surface area contributed by atoms with Gasteiger partial charge in [-0.3, -0.25) is 0 Å². The molecule has 0 aromatic carbocycles. The van der Waals surface area contributed by atoms with Crippen molar-refractivity contribution in [2.75, 3.05) is 13.2 Å². The Balaban J connectivity index is 4.00. The van der Waals surface area contributed by atoms with Gasteiger partial charge in [-0.1, -0.05) is 37.5 Å². The molecule has 0 rings (SSSR count). The summed E-state index contributed by atoms with van der Waals surface area (Å²) in [7, 11) is 0. The van der Waals surface area contributed by atoms with Gasteiger partial charge < -0.3 is 4.74 Å². The first-order valence-electron chi connectivity index (χ1n) is 5.36. The van der Waals surface area contributed by atoms with Crippen LogP contribution in [0.4, 0.5) is 0 Å². The van der Waals surface area contributed by atoms with Crippen molar-refractivity contribution >= 4 is 0 Å². The average Bonchev–Trinajstić information content (AvgIpc) is 2.35. The van der Waals surface area contributed by atoms with Crippen molar-refractivity contribution in [1.29, 1.82) is 0 Å². The Labute approximate surface area is 105 Å². The summed E-state index contributed by atoms with van der Waals surface area (Å²) in [5.41, 5.74) is 2.01. The molecule has 0 atom stereocenters. The zero-order valence-electron chi connectivity index (χ0n) is 10.1. The van der Waals surface area contributed by atoms with E-state index in [1.165, 1.54) is 0 Å². The van der Waals surface area contributed by atoms with E-state index in [1.54, 1.807) is 12.2 Å². The van der Waals surface area contributed by atoms with Gasteiger partial charge in [0.15, 0.2) is 0 Å². The molecule has 0 amide bonds. The first kappa shape index (κ1) is 15.0. The summed E-state index contributed by atoms with van der Waals surface area (Å²) in [5.74, 6) is 5.12. The topological polar surface area (TPSA) is 9.23 Å². The minimum Gasteiger partial charge on any atom is -0.373 e. The number of terminal acetylenes is 2. The van der Waals surface area contributed by atoms with E-state index in [0.29, 0.717) is 26.1 Å². The molecule has 0 saturated carbocycles. The molecule has 0 aliphatic carbocycles. The molecular formula is C16H18O. The predicted molar refractivity (Wildman–Crippen MR) is 74.3 cm³/mol. The largest absolute Gasteiger partial charge is 0.373 e. The van der Waals surface area contributed by atoms with E-state index in [2.05, 4.69) is 25.0 Å². The zero-order chi connectivity index (χ0) is 12.9. The highest BCUT2D eigenvalue weighted by Gasteiger charge is 1.90. The molecule has 0 aromatic heterocycles. The maximum atomic E-state index is 5.41. The average molecular weight is 226 g/mol. The lowest BCUT2D eigenvalue weighted by Gasteiger charge is -2.00. The number of ether oxygens (including phenoxy) is 1. The Morgan fingerprint density at radius 2 is 1.35 bits per heavy atom. The van der Waals surface area contributed by atoms with Crippen molar-refractivity contribution in [1.82, 2.24) is 0 Å². The number of allylic oxidation sites excluding steroid dienone is 4. The molecule has 0 radical (unpaired) electrons. The fraction of sp³-hybridized carbons (Fsp3) is 0.250. The van der Waals surface area contributed by atoms with Gasteiger partial charge >= 0.3 is 0 Å². The third-order valence-electron chi connectivity index (χ3n) is 2.06. The van der Waals surface area contributed by atoms with Crippen LogP contribution in [0, 0.1) is 24.7 Å². The van der Waals surface area contributed by atoms with Gasteiger partial charge in [0.2, 0.25) is 0 Å². The van der Waals surface area contributed by atoms with E-state index in [-0.39, 0.29) is 0 Å². The lowest BCUT2D eigenvalue weighted by atomic mass is 10.2. The lowest BCUT2D eigenvalue weighted by Crippen LogP contribution is -1.93. The summed E-state index contributed by atoms with van der Waals surface area (Å²) >= 11 is 0. The molecule has 0 aliphatic rings. The summed E-state index contributed by atoms with van der Waals surface area (Å²) in [6, 6.07) is 0. The summed E-state index contributed by atoms with van der Waals surface area (Å²) < 4.78 is 5.41. The molecule has 88 valence electrons. The van der Waals surface area contributed by atoms with Gasteiger partial charge in [-0.2, -0.15) is 0 Å². The van der Waals surface area contributed by atoms with E-state index >= 15 is 0 Å². The van der Waals surface area contributed by atoms with Crippen molar-refractivity contribution < 1.29 is 4.74 Å². The second kappa shape index (κ2) is 10.6. The van der Waals surface area contributed by atoms with Gasteiger partial charge in [0.25, 0.3) is 0 Å². The first-order chi connectivity index (χ1) is 8.28. The van der Waals surface area contributed by atoms with Crippen LogP contribution in [0.3, 0.4) is 0 Å². The van der Waals surface area contributed by atoms with Crippen molar-refractivity contribution in [3.8, 4) is 24.7 Å². The van der Waals surface area contributed by atoms with Crippen LogP contribution in [0.2, 0.25) is 0 Å². The number of hydrogen-bond acceptors (Lipinski definition) is 1. The van der Waals surface area contributed by atoms with Gasteiger partial charge in [0, 0.05) is 12.8 Å². The molecule has 0 heterocycles. The molecular weight excluding hydrogens is 208 g/mol. The fourth-order valence-electron chi connectivity index (χ4n) is 1.09. The first-order valence-corrected chi connectivity index (χ1v) is 5.36. The van der Waals surface area contributed by atoms with Crippen LogP contribution < -0.4 is 0 Å². The standard InChI is InChI=1S/C16H18O/c1-5-9-15(7-3)11-13-17-14-12-16(8-4)10-6-2/h1-2,7-8,11-12H,3-4,9-10,13-14H2. The monoisotopic (exact) mass is 226 g/mol. The molecule has 1 nitrogen and oxygen atoms in total. The minimum atomic E-state index is 0.514. The third kappa shape index (κ3) is 7.91. The van der Waals surface area contributed by atoms with Crippen LogP contribution in [-0.4, -0.2) is 13.2 Å². The Morgan fingerprint density at radius 3 is 1.65 bits per heavy atom. The summed E-state index contributed by atoms with van der Waals surface area (Å²) in [6.07, 6.45) is 18.9. The van der Waals surface area contributed by atoms with Crippen LogP contribution in [0.5, 0.6) is 0 Å². The van der Waals surface area contributed by atoms with Crippen LogP contribution in [0.15, 0.2) is 48.6 Å². The highest BCUT2D eigenvalue weighted by Crippen LogP contribution is 2.02. The number of hydrogen-bond donors (Lipinski definition) is 0. The van der Waals surface area contributed by atoms with E-state index in [1.807, 2.05) is 12.2 Å².